The summed E-state index contributed by atoms with van der Waals surface area (Å²) in [6, 6.07) is 9.20. The first-order chi connectivity index (χ1) is 9.49. The zero-order chi connectivity index (χ0) is 14.7. The second kappa shape index (κ2) is 6.24. The monoisotopic (exact) mass is 357 g/mol. The van der Waals surface area contributed by atoms with Gasteiger partial charge in [0, 0.05) is 11.1 Å². The molecule has 0 aliphatic rings. The van der Waals surface area contributed by atoms with Crippen LogP contribution in [0, 0.1) is 5.82 Å². The highest BCUT2D eigenvalue weighted by atomic mass is 79.9. The third-order valence-corrected chi connectivity index (χ3v) is 3.48. The molecule has 0 spiro atoms. The topological polar surface area (TPSA) is 52.3 Å². The fourth-order valence-corrected chi connectivity index (χ4v) is 2.57. The van der Waals surface area contributed by atoms with E-state index in [9.17, 15) is 9.18 Å². The second-order valence-corrected chi connectivity index (χ2v) is 5.27. The van der Waals surface area contributed by atoms with Gasteiger partial charge >= 0.3 is 0 Å². The maximum absolute atomic E-state index is 13.5. The molecule has 2 rings (SSSR count). The summed E-state index contributed by atoms with van der Waals surface area (Å²) >= 11 is 9.28. The Kier molecular flexibility index (Phi) is 4.62. The summed E-state index contributed by atoms with van der Waals surface area (Å²) < 4.78 is 19.5. The molecular weight excluding hydrogens is 349 g/mol. The van der Waals surface area contributed by atoms with Crippen LogP contribution in [0.4, 0.5) is 4.39 Å². The third-order valence-electron chi connectivity index (χ3n) is 2.61. The Morgan fingerprint density at radius 1 is 1.35 bits per heavy atom. The van der Waals surface area contributed by atoms with Crippen LogP contribution in [0.3, 0.4) is 0 Å². The number of carbonyl (C=O) groups is 1. The molecule has 1 amide bonds. The normalized spacial score (nSPS) is 10.3. The summed E-state index contributed by atoms with van der Waals surface area (Å²) in [6.07, 6.45) is 0. The lowest BCUT2D eigenvalue weighted by Gasteiger charge is -2.11. The highest BCUT2D eigenvalue weighted by Crippen LogP contribution is 2.35. The van der Waals surface area contributed by atoms with Crippen molar-refractivity contribution < 1.29 is 13.9 Å². The Bertz CT molecular complexity index is 640. The Hall–Kier alpha value is -1.59. The summed E-state index contributed by atoms with van der Waals surface area (Å²) in [7, 11) is 0. The summed E-state index contributed by atoms with van der Waals surface area (Å²) in [4.78, 5) is 11.1. The van der Waals surface area contributed by atoms with Gasteiger partial charge in [0.2, 0.25) is 5.91 Å². The van der Waals surface area contributed by atoms with E-state index in [4.69, 9.17) is 22.1 Å². The average Bonchev–Trinajstić information content (AvgIpc) is 2.39. The van der Waals surface area contributed by atoms with Crippen LogP contribution >= 0.6 is 27.5 Å². The molecule has 2 aromatic rings. The zero-order valence-electron chi connectivity index (χ0n) is 10.2. The fraction of sp³-hybridized carbons (Fsp3) is 0.0714. The number of rotatable bonds is 4. The minimum absolute atomic E-state index is 0.0287. The molecule has 0 fully saturated rings. The maximum atomic E-state index is 13.5. The predicted molar refractivity (Wildman–Crippen MR) is 78.4 cm³/mol. The van der Waals surface area contributed by atoms with Crippen molar-refractivity contribution in [1.82, 2.24) is 0 Å². The van der Waals surface area contributed by atoms with Crippen LogP contribution in [0.2, 0.25) is 5.02 Å². The van der Waals surface area contributed by atoms with E-state index in [-0.39, 0.29) is 23.0 Å². The molecule has 6 heteroatoms. The first kappa shape index (κ1) is 14.8. The van der Waals surface area contributed by atoms with Crippen molar-refractivity contribution in [3.8, 4) is 5.75 Å². The summed E-state index contributed by atoms with van der Waals surface area (Å²) in [5.74, 6) is -0.610. The molecule has 0 atom stereocenters. The molecule has 0 saturated carbocycles. The van der Waals surface area contributed by atoms with Gasteiger partial charge in [0.15, 0.2) is 5.75 Å². The van der Waals surface area contributed by atoms with Crippen molar-refractivity contribution in [2.24, 2.45) is 5.73 Å². The molecule has 0 radical (unpaired) electrons. The molecule has 0 unspecified atom stereocenters. The molecule has 104 valence electrons. The Morgan fingerprint density at radius 3 is 2.65 bits per heavy atom. The molecule has 0 aromatic heterocycles. The van der Waals surface area contributed by atoms with Gasteiger partial charge in [-0.05, 0) is 34.1 Å². The second-order valence-electron chi connectivity index (χ2n) is 4.01. The van der Waals surface area contributed by atoms with E-state index in [1.807, 2.05) is 0 Å². The van der Waals surface area contributed by atoms with Gasteiger partial charge in [-0.2, -0.15) is 0 Å². The maximum Gasteiger partial charge on any atom is 0.248 e. The van der Waals surface area contributed by atoms with Crippen molar-refractivity contribution in [2.45, 2.75) is 6.61 Å². The van der Waals surface area contributed by atoms with Gasteiger partial charge in [0.25, 0.3) is 0 Å². The quantitative estimate of drug-likeness (QED) is 0.900. The molecule has 0 heterocycles. The Labute approximate surface area is 128 Å². The van der Waals surface area contributed by atoms with E-state index >= 15 is 0 Å². The minimum Gasteiger partial charge on any atom is -0.486 e. The molecule has 0 aliphatic carbocycles. The molecule has 3 nitrogen and oxygen atoms in total. The van der Waals surface area contributed by atoms with Gasteiger partial charge in [0.1, 0.15) is 12.4 Å². The van der Waals surface area contributed by atoms with Crippen LogP contribution in [0.5, 0.6) is 5.75 Å². The first-order valence-electron chi connectivity index (χ1n) is 5.64. The number of benzene rings is 2. The van der Waals surface area contributed by atoms with Crippen molar-refractivity contribution in [3.63, 3.8) is 0 Å². The molecule has 20 heavy (non-hydrogen) atoms. The van der Waals surface area contributed by atoms with Crippen molar-refractivity contribution in [1.29, 1.82) is 0 Å². The number of carbonyl (C=O) groups excluding carboxylic acids is 1. The van der Waals surface area contributed by atoms with E-state index in [1.165, 1.54) is 18.2 Å². The number of nitrogens with two attached hydrogens (primary N) is 1. The average molecular weight is 359 g/mol. The standard InChI is InChI=1S/C14H10BrClFNO2/c15-10-5-9(14(18)19)6-11(16)13(10)20-7-8-3-1-2-4-12(8)17/h1-6H,7H2,(H2,18,19). The zero-order valence-corrected chi connectivity index (χ0v) is 12.5. The van der Waals surface area contributed by atoms with E-state index < -0.39 is 5.91 Å². The van der Waals surface area contributed by atoms with E-state index in [0.717, 1.165) is 0 Å². The summed E-state index contributed by atoms with van der Waals surface area (Å²) in [6.45, 7) is 0.0287. The minimum atomic E-state index is -0.590. The van der Waals surface area contributed by atoms with Crippen LogP contribution in [0.1, 0.15) is 15.9 Å². The smallest absolute Gasteiger partial charge is 0.248 e. The van der Waals surface area contributed by atoms with Crippen LogP contribution in [0.25, 0.3) is 0 Å². The van der Waals surface area contributed by atoms with Gasteiger partial charge in [-0.15, -0.1) is 0 Å². The van der Waals surface area contributed by atoms with Gasteiger partial charge in [-0.1, -0.05) is 29.8 Å². The Balaban J connectivity index is 2.22. The van der Waals surface area contributed by atoms with Gasteiger partial charge in [-0.25, -0.2) is 4.39 Å². The largest absolute Gasteiger partial charge is 0.486 e. The molecular formula is C14H10BrClFNO2. The highest BCUT2D eigenvalue weighted by Gasteiger charge is 2.13. The Morgan fingerprint density at radius 2 is 2.05 bits per heavy atom. The summed E-state index contributed by atoms with van der Waals surface area (Å²) in [5, 5.41) is 0.226. The van der Waals surface area contributed by atoms with Gasteiger partial charge < -0.3 is 10.5 Å². The predicted octanol–water partition coefficient (Wildman–Crippen LogP) is 3.92. The van der Waals surface area contributed by atoms with Crippen molar-refractivity contribution in [2.75, 3.05) is 0 Å². The lowest BCUT2D eigenvalue weighted by atomic mass is 10.2. The van der Waals surface area contributed by atoms with Crippen molar-refractivity contribution in [3.05, 3.63) is 62.8 Å². The van der Waals surface area contributed by atoms with E-state index in [0.29, 0.717) is 15.8 Å². The molecule has 0 aliphatic heterocycles. The molecule has 2 aromatic carbocycles. The number of hydrogen-bond donors (Lipinski definition) is 1. The van der Waals surface area contributed by atoms with Crippen LogP contribution < -0.4 is 10.5 Å². The third kappa shape index (κ3) is 3.29. The number of ether oxygens (including phenoxy) is 1. The fourth-order valence-electron chi connectivity index (χ4n) is 1.61. The first-order valence-corrected chi connectivity index (χ1v) is 6.81. The number of halogens is 3. The number of amides is 1. The molecule has 0 bridgehead atoms. The van der Waals surface area contributed by atoms with E-state index in [1.54, 1.807) is 18.2 Å². The van der Waals surface area contributed by atoms with Crippen molar-refractivity contribution >= 4 is 33.4 Å². The highest BCUT2D eigenvalue weighted by molar-refractivity contribution is 9.10. The lowest BCUT2D eigenvalue weighted by Crippen LogP contribution is -2.11. The van der Waals surface area contributed by atoms with Gasteiger partial charge in [-0.3, -0.25) is 4.79 Å². The number of primary amides is 1. The SMILES string of the molecule is NC(=O)c1cc(Cl)c(OCc2ccccc2F)c(Br)c1. The van der Waals surface area contributed by atoms with E-state index in [2.05, 4.69) is 15.9 Å². The van der Waals surface area contributed by atoms with Crippen LogP contribution in [-0.2, 0) is 6.61 Å². The summed E-state index contributed by atoms with van der Waals surface area (Å²) in [5.41, 5.74) is 5.85. The molecule has 2 N–H and O–H groups in total. The molecule has 0 saturated heterocycles. The lowest BCUT2D eigenvalue weighted by molar-refractivity contribution is 0.1000. The van der Waals surface area contributed by atoms with Crippen LogP contribution in [-0.4, -0.2) is 5.91 Å². The van der Waals surface area contributed by atoms with Crippen LogP contribution in [0.15, 0.2) is 40.9 Å². The number of hydrogen-bond acceptors (Lipinski definition) is 2. The van der Waals surface area contributed by atoms with Gasteiger partial charge in [0.05, 0.1) is 9.50 Å².